The SMILES string of the molecule is CCc1ccc(NC(=O)COC(=O)CCCC(=O)Nc2ccc(Oc3cc(C)cc(C)c3)cc2)cc1. The number of hydrogen-bond acceptors (Lipinski definition) is 5. The zero-order chi connectivity index (χ0) is 25.9. The molecule has 0 aliphatic rings. The number of carbonyl (C=O) groups is 3. The predicted octanol–water partition coefficient (Wildman–Crippen LogP) is 5.95. The number of rotatable bonds is 11. The topological polar surface area (TPSA) is 93.7 Å². The molecular weight excluding hydrogens is 456 g/mol. The summed E-state index contributed by atoms with van der Waals surface area (Å²) in [6.45, 7) is 5.72. The average molecular weight is 489 g/mol. The van der Waals surface area contributed by atoms with Crippen molar-refractivity contribution in [2.75, 3.05) is 17.2 Å². The van der Waals surface area contributed by atoms with E-state index in [1.807, 2.05) is 50.2 Å². The van der Waals surface area contributed by atoms with Gasteiger partial charge in [0, 0.05) is 24.2 Å². The number of anilines is 2. The fourth-order valence-corrected chi connectivity index (χ4v) is 3.59. The van der Waals surface area contributed by atoms with E-state index in [4.69, 9.17) is 9.47 Å². The molecule has 0 radical (unpaired) electrons. The summed E-state index contributed by atoms with van der Waals surface area (Å²) in [5.74, 6) is 0.295. The van der Waals surface area contributed by atoms with Gasteiger partial charge < -0.3 is 20.1 Å². The fourth-order valence-electron chi connectivity index (χ4n) is 3.59. The predicted molar refractivity (Wildman–Crippen MR) is 140 cm³/mol. The Labute approximate surface area is 211 Å². The van der Waals surface area contributed by atoms with E-state index in [1.54, 1.807) is 24.3 Å². The summed E-state index contributed by atoms with van der Waals surface area (Å²) in [6, 6.07) is 20.6. The summed E-state index contributed by atoms with van der Waals surface area (Å²) in [4.78, 5) is 36.1. The highest BCUT2D eigenvalue weighted by Crippen LogP contribution is 2.25. The molecule has 188 valence electrons. The highest BCUT2D eigenvalue weighted by Gasteiger charge is 2.10. The van der Waals surface area contributed by atoms with Crippen LogP contribution in [0.5, 0.6) is 11.5 Å². The molecule has 0 aliphatic carbocycles. The number of amides is 2. The molecule has 3 aromatic rings. The molecule has 0 saturated carbocycles. The monoisotopic (exact) mass is 488 g/mol. The van der Waals surface area contributed by atoms with Crippen LogP contribution in [0.15, 0.2) is 66.7 Å². The van der Waals surface area contributed by atoms with Crippen LogP contribution in [0.2, 0.25) is 0 Å². The van der Waals surface area contributed by atoms with E-state index in [0.717, 1.165) is 23.3 Å². The van der Waals surface area contributed by atoms with E-state index in [1.165, 1.54) is 5.56 Å². The van der Waals surface area contributed by atoms with E-state index in [2.05, 4.69) is 23.6 Å². The minimum absolute atomic E-state index is 0.0502. The van der Waals surface area contributed by atoms with Crippen molar-refractivity contribution in [3.63, 3.8) is 0 Å². The molecule has 0 atom stereocenters. The Balaban J connectivity index is 1.33. The Hall–Kier alpha value is -4.13. The van der Waals surface area contributed by atoms with Gasteiger partial charge in [0.1, 0.15) is 11.5 Å². The number of esters is 1. The Morgan fingerprint density at radius 3 is 1.92 bits per heavy atom. The third-order valence-corrected chi connectivity index (χ3v) is 5.36. The number of nitrogens with one attached hydrogen (secondary N) is 2. The zero-order valence-electron chi connectivity index (χ0n) is 20.9. The molecule has 2 N–H and O–H groups in total. The van der Waals surface area contributed by atoms with Crippen molar-refractivity contribution < 1.29 is 23.9 Å². The normalized spacial score (nSPS) is 10.4. The summed E-state index contributed by atoms with van der Waals surface area (Å²) < 4.78 is 10.9. The Bertz CT molecular complexity index is 1170. The first kappa shape index (κ1) is 26.5. The second-order valence-corrected chi connectivity index (χ2v) is 8.61. The maximum absolute atomic E-state index is 12.2. The van der Waals surface area contributed by atoms with Gasteiger partial charge in [0.25, 0.3) is 5.91 Å². The van der Waals surface area contributed by atoms with Crippen LogP contribution in [0.25, 0.3) is 0 Å². The number of ether oxygens (including phenoxy) is 2. The fraction of sp³-hybridized carbons (Fsp3) is 0.276. The molecule has 36 heavy (non-hydrogen) atoms. The van der Waals surface area contributed by atoms with Crippen LogP contribution < -0.4 is 15.4 Å². The minimum Gasteiger partial charge on any atom is -0.457 e. The molecule has 0 aromatic heterocycles. The van der Waals surface area contributed by atoms with Crippen molar-refractivity contribution >= 4 is 29.2 Å². The van der Waals surface area contributed by atoms with Crippen molar-refractivity contribution in [3.05, 3.63) is 83.4 Å². The van der Waals surface area contributed by atoms with Crippen molar-refractivity contribution in [2.24, 2.45) is 0 Å². The molecule has 0 bridgehead atoms. The van der Waals surface area contributed by atoms with Crippen LogP contribution in [0.3, 0.4) is 0 Å². The summed E-state index contributed by atoms with van der Waals surface area (Å²) in [6.07, 6.45) is 1.44. The van der Waals surface area contributed by atoms with Crippen molar-refractivity contribution in [2.45, 2.75) is 46.5 Å². The molecule has 7 nitrogen and oxygen atoms in total. The second kappa shape index (κ2) is 13.1. The van der Waals surface area contributed by atoms with Gasteiger partial charge in [-0.05, 0) is 91.9 Å². The quantitative estimate of drug-likeness (QED) is 0.325. The lowest BCUT2D eigenvalue weighted by atomic mass is 10.1. The van der Waals surface area contributed by atoms with Crippen molar-refractivity contribution in [1.82, 2.24) is 0 Å². The van der Waals surface area contributed by atoms with Gasteiger partial charge in [0.15, 0.2) is 6.61 Å². The van der Waals surface area contributed by atoms with Gasteiger partial charge in [-0.25, -0.2) is 0 Å². The number of aryl methyl sites for hydroxylation is 3. The first-order chi connectivity index (χ1) is 17.3. The molecule has 0 spiro atoms. The third kappa shape index (κ3) is 8.91. The van der Waals surface area contributed by atoms with E-state index in [-0.39, 0.29) is 25.4 Å². The highest BCUT2D eigenvalue weighted by molar-refractivity contribution is 5.93. The first-order valence-electron chi connectivity index (χ1n) is 12.0. The summed E-state index contributed by atoms with van der Waals surface area (Å²) in [5.41, 5.74) is 4.70. The molecule has 2 amide bonds. The molecule has 3 rings (SSSR count). The molecule has 0 aliphatic heterocycles. The van der Waals surface area contributed by atoms with E-state index in [9.17, 15) is 14.4 Å². The molecular formula is C29H32N2O5. The summed E-state index contributed by atoms with van der Waals surface area (Å²) >= 11 is 0. The maximum atomic E-state index is 12.2. The van der Waals surface area contributed by atoms with Crippen LogP contribution in [0.4, 0.5) is 11.4 Å². The summed E-state index contributed by atoms with van der Waals surface area (Å²) in [7, 11) is 0. The average Bonchev–Trinajstić information content (AvgIpc) is 2.84. The van der Waals surface area contributed by atoms with Crippen molar-refractivity contribution in [3.8, 4) is 11.5 Å². The van der Waals surface area contributed by atoms with Crippen LogP contribution in [0.1, 0.15) is 42.9 Å². The molecule has 0 saturated heterocycles. The number of hydrogen-bond donors (Lipinski definition) is 2. The standard InChI is InChI=1S/C29H32N2O5/c1-4-22-8-10-23(11-9-22)31-28(33)19-35-29(34)7-5-6-27(32)30-24-12-14-25(15-13-24)36-26-17-20(2)16-21(3)18-26/h8-18H,4-7,19H2,1-3H3,(H,30,32)(H,31,33). The van der Waals surface area contributed by atoms with Gasteiger partial charge in [-0.15, -0.1) is 0 Å². The van der Waals surface area contributed by atoms with Gasteiger partial charge in [0.2, 0.25) is 5.91 Å². The molecule has 0 fully saturated rings. The number of carbonyl (C=O) groups excluding carboxylic acids is 3. The Morgan fingerprint density at radius 2 is 1.31 bits per heavy atom. The zero-order valence-corrected chi connectivity index (χ0v) is 20.9. The first-order valence-corrected chi connectivity index (χ1v) is 12.0. The van der Waals surface area contributed by atoms with Crippen LogP contribution in [0, 0.1) is 13.8 Å². The molecule has 7 heteroatoms. The molecule has 0 heterocycles. The van der Waals surface area contributed by atoms with Crippen LogP contribution in [-0.2, 0) is 25.5 Å². The van der Waals surface area contributed by atoms with E-state index >= 15 is 0 Å². The smallest absolute Gasteiger partial charge is 0.306 e. The van der Waals surface area contributed by atoms with Crippen LogP contribution >= 0.6 is 0 Å². The number of benzene rings is 3. The van der Waals surface area contributed by atoms with E-state index < -0.39 is 11.9 Å². The van der Waals surface area contributed by atoms with Gasteiger partial charge in [-0.2, -0.15) is 0 Å². The van der Waals surface area contributed by atoms with Gasteiger partial charge >= 0.3 is 5.97 Å². The largest absolute Gasteiger partial charge is 0.457 e. The van der Waals surface area contributed by atoms with Crippen LogP contribution in [-0.4, -0.2) is 24.4 Å². The van der Waals surface area contributed by atoms with Gasteiger partial charge in [0.05, 0.1) is 0 Å². The van der Waals surface area contributed by atoms with Gasteiger partial charge in [-0.3, -0.25) is 14.4 Å². The van der Waals surface area contributed by atoms with E-state index in [0.29, 0.717) is 23.5 Å². The Kier molecular flexibility index (Phi) is 9.63. The molecule has 0 unspecified atom stereocenters. The van der Waals surface area contributed by atoms with Crippen molar-refractivity contribution in [1.29, 1.82) is 0 Å². The van der Waals surface area contributed by atoms with Gasteiger partial charge in [-0.1, -0.05) is 25.1 Å². The highest BCUT2D eigenvalue weighted by atomic mass is 16.5. The summed E-state index contributed by atoms with van der Waals surface area (Å²) in [5, 5.41) is 5.48. The minimum atomic E-state index is -0.521. The lowest BCUT2D eigenvalue weighted by Gasteiger charge is -2.10. The lowest BCUT2D eigenvalue weighted by Crippen LogP contribution is -2.21. The lowest BCUT2D eigenvalue weighted by molar-refractivity contribution is -0.147. The third-order valence-electron chi connectivity index (χ3n) is 5.36. The molecule has 3 aromatic carbocycles. The Morgan fingerprint density at radius 1 is 0.722 bits per heavy atom. The maximum Gasteiger partial charge on any atom is 0.306 e. The second-order valence-electron chi connectivity index (χ2n) is 8.61.